The Bertz CT molecular complexity index is 413. The number of nitrogens with one attached hydrogen (secondary N) is 1. The van der Waals surface area contributed by atoms with Crippen LogP contribution in [0.15, 0.2) is 18.2 Å². The van der Waals surface area contributed by atoms with Gasteiger partial charge in [0.15, 0.2) is 0 Å². The summed E-state index contributed by atoms with van der Waals surface area (Å²) in [7, 11) is 1.43. The predicted octanol–water partition coefficient (Wildman–Crippen LogP) is 2.76. The monoisotopic (exact) mass is 249 g/mol. The van der Waals surface area contributed by atoms with Gasteiger partial charge in [0.25, 0.3) is 0 Å². The summed E-state index contributed by atoms with van der Waals surface area (Å²) in [6, 6.07) is 5.76. The smallest absolute Gasteiger partial charge is 0.327 e. The first kappa shape index (κ1) is 14.7. The molecule has 1 aromatic rings. The highest BCUT2D eigenvalue weighted by atomic mass is 16.5. The van der Waals surface area contributed by atoms with Gasteiger partial charge in [-0.1, -0.05) is 37.6 Å². The summed E-state index contributed by atoms with van der Waals surface area (Å²) in [5.41, 5.74) is 3.26. The van der Waals surface area contributed by atoms with Crippen molar-refractivity contribution in [1.29, 1.82) is 0 Å². The summed E-state index contributed by atoms with van der Waals surface area (Å²) < 4.78 is 4.89. The molecule has 0 radical (unpaired) electrons. The van der Waals surface area contributed by atoms with E-state index in [4.69, 9.17) is 4.74 Å². The fourth-order valence-electron chi connectivity index (χ4n) is 1.86. The van der Waals surface area contributed by atoms with Crippen LogP contribution in [0.5, 0.6) is 0 Å². The molecule has 3 heteroatoms. The second kappa shape index (κ2) is 6.55. The van der Waals surface area contributed by atoms with Gasteiger partial charge >= 0.3 is 5.97 Å². The summed E-state index contributed by atoms with van der Waals surface area (Å²) in [6.07, 6.45) is 0. The van der Waals surface area contributed by atoms with Crippen molar-refractivity contribution in [2.24, 2.45) is 5.92 Å². The Balaban J connectivity index is 3.01. The van der Waals surface area contributed by atoms with Crippen LogP contribution in [0.2, 0.25) is 0 Å². The Hall–Kier alpha value is -1.35. The van der Waals surface area contributed by atoms with E-state index in [1.54, 1.807) is 0 Å². The van der Waals surface area contributed by atoms with E-state index in [2.05, 4.69) is 25.2 Å². The van der Waals surface area contributed by atoms with Gasteiger partial charge in [-0.3, -0.25) is 0 Å². The summed E-state index contributed by atoms with van der Waals surface area (Å²) in [5.74, 6) is 0.256. The molecule has 3 nitrogen and oxygen atoms in total. The van der Waals surface area contributed by atoms with E-state index in [-0.39, 0.29) is 12.0 Å². The zero-order valence-corrected chi connectivity index (χ0v) is 11.9. The van der Waals surface area contributed by atoms with Gasteiger partial charge < -0.3 is 10.1 Å². The van der Waals surface area contributed by atoms with Gasteiger partial charge in [0.05, 0.1) is 7.11 Å². The quantitative estimate of drug-likeness (QED) is 0.815. The number of ether oxygens (including phenoxy) is 1. The molecule has 0 amide bonds. The van der Waals surface area contributed by atoms with Crippen molar-refractivity contribution < 1.29 is 9.53 Å². The summed E-state index contributed by atoms with van der Waals surface area (Å²) >= 11 is 0. The maximum Gasteiger partial charge on any atom is 0.327 e. The fourth-order valence-corrected chi connectivity index (χ4v) is 1.86. The molecule has 100 valence electrons. The minimum absolute atomic E-state index is 0.232. The lowest BCUT2D eigenvalue weighted by Crippen LogP contribution is -2.32. The molecule has 0 aliphatic carbocycles. The molecule has 0 saturated heterocycles. The first-order valence-electron chi connectivity index (χ1n) is 6.34. The van der Waals surface area contributed by atoms with Crippen LogP contribution in [-0.2, 0) is 9.53 Å². The maximum atomic E-state index is 11.9. The number of benzene rings is 1. The van der Waals surface area contributed by atoms with Gasteiger partial charge in [-0.05, 0) is 37.4 Å². The van der Waals surface area contributed by atoms with Crippen molar-refractivity contribution in [1.82, 2.24) is 5.32 Å². The number of carbonyl (C=O) groups excluding carboxylic acids is 1. The molecule has 0 bridgehead atoms. The van der Waals surface area contributed by atoms with Crippen LogP contribution >= 0.6 is 0 Å². The third-order valence-corrected chi connectivity index (χ3v) is 2.91. The minimum Gasteiger partial charge on any atom is -0.468 e. The minimum atomic E-state index is -0.378. The van der Waals surface area contributed by atoms with Crippen molar-refractivity contribution in [3.63, 3.8) is 0 Å². The van der Waals surface area contributed by atoms with Gasteiger partial charge in [0, 0.05) is 0 Å². The van der Waals surface area contributed by atoms with E-state index in [0.29, 0.717) is 5.92 Å². The molecule has 0 aromatic heterocycles. The first-order chi connectivity index (χ1) is 8.45. The average Bonchev–Trinajstić information content (AvgIpc) is 2.32. The number of hydrogen-bond donors (Lipinski definition) is 1. The normalized spacial score (nSPS) is 12.6. The van der Waals surface area contributed by atoms with Crippen LogP contribution in [0, 0.1) is 19.8 Å². The van der Waals surface area contributed by atoms with E-state index >= 15 is 0 Å². The van der Waals surface area contributed by atoms with Crippen molar-refractivity contribution in [3.8, 4) is 0 Å². The third kappa shape index (κ3) is 3.84. The molecule has 0 aliphatic heterocycles. The molecule has 1 rings (SSSR count). The zero-order valence-electron chi connectivity index (χ0n) is 11.9. The first-order valence-corrected chi connectivity index (χ1v) is 6.34. The molecule has 0 heterocycles. The van der Waals surface area contributed by atoms with Gasteiger partial charge in [0.1, 0.15) is 6.04 Å². The molecule has 0 spiro atoms. The predicted molar refractivity (Wildman–Crippen MR) is 73.5 cm³/mol. The Morgan fingerprint density at radius 2 is 2.00 bits per heavy atom. The molecule has 0 fully saturated rings. The number of hydrogen-bond acceptors (Lipinski definition) is 3. The molecule has 0 aliphatic rings. The van der Waals surface area contributed by atoms with Gasteiger partial charge in [0.2, 0.25) is 0 Å². The Morgan fingerprint density at radius 1 is 1.33 bits per heavy atom. The van der Waals surface area contributed by atoms with Crippen LogP contribution in [-0.4, -0.2) is 19.6 Å². The standard InChI is InChI=1S/C15H23NO2/c1-10(2)9-16-14(15(17)18-5)13-8-11(3)6-7-12(13)4/h6-8,10,14,16H,9H2,1-5H3. The molecule has 1 atom stereocenters. The third-order valence-electron chi connectivity index (χ3n) is 2.91. The SMILES string of the molecule is COC(=O)C(NCC(C)C)c1cc(C)ccc1C. The van der Waals surface area contributed by atoms with Crippen molar-refractivity contribution in [3.05, 3.63) is 34.9 Å². The molecular formula is C15H23NO2. The second-order valence-corrected chi connectivity index (χ2v) is 5.12. The maximum absolute atomic E-state index is 11.9. The van der Waals surface area contributed by atoms with E-state index in [1.165, 1.54) is 7.11 Å². The summed E-state index contributed by atoms with van der Waals surface area (Å²) in [6.45, 7) is 9.06. The molecule has 0 saturated carbocycles. The van der Waals surface area contributed by atoms with E-state index in [0.717, 1.165) is 23.2 Å². The number of aryl methyl sites for hydroxylation is 2. The lowest BCUT2D eigenvalue weighted by Gasteiger charge is -2.20. The number of esters is 1. The van der Waals surface area contributed by atoms with Gasteiger partial charge in [-0.15, -0.1) is 0 Å². The zero-order chi connectivity index (χ0) is 13.7. The average molecular weight is 249 g/mol. The molecular weight excluding hydrogens is 226 g/mol. The van der Waals surface area contributed by atoms with Gasteiger partial charge in [-0.25, -0.2) is 4.79 Å². The van der Waals surface area contributed by atoms with Crippen molar-refractivity contribution >= 4 is 5.97 Å². The lowest BCUT2D eigenvalue weighted by molar-refractivity contribution is -0.143. The highest BCUT2D eigenvalue weighted by Gasteiger charge is 2.22. The molecule has 1 N–H and O–H groups in total. The summed E-state index contributed by atoms with van der Waals surface area (Å²) in [4.78, 5) is 11.9. The largest absolute Gasteiger partial charge is 0.468 e. The Kier molecular flexibility index (Phi) is 5.35. The lowest BCUT2D eigenvalue weighted by atomic mass is 9.98. The van der Waals surface area contributed by atoms with Crippen LogP contribution in [0.3, 0.4) is 0 Å². The Morgan fingerprint density at radius 3 is 2.56 bits per heavy atom. The van der Waals surface area contributed by atoms with Crippen LogP contribution in [0.1, 0.15) is 36.6 Å². The number of carbonyl (C=O) groups is 1. The van der Waals surface area contributed by atoms with Crippen molar-refractivity contribution in [2.75, 3.05) is 13.7 Å². The summed E-state index contributed by atoms with van der Waals surface area (Å²) in [5, 5.41) is 3.28. The fraction of sp³-hybridized carbons (Fsp3) is 0.533. The van der Waals surface area contributed by atoms with Gasteiger partial charge in [-0.2, -0.15) is 0 Å². The Labute approximate surface area is 110 Å². The highest BCUT2D eigenvalue weighted by molar-refractivity contribution is 5.78. The highest BCUT2D eigenvalue weighted by Crippen LogP contribution is 2.20. The van der Waals surface area contributed by atoms with Crippen molar-refractivity contribution in [2.45, 2.75) is 33.7 Å². The van der Waals surface area contributed by atoms with E-state index in [9.17, 15) is 4.79 Å². The van der Waals surface area contributed by atoms with E-state index < -0.39 is 0 Å². The van der Waals surface area contributed by atoms with Crippen LogP contribution in [0.25, 0.3) is 0 Å². The van der Waals surface area contributed by atoms with Crippen LogP contribution in [0.4, 0.5) is 0 Å². The second-order valence-electron chi connectivity index (χ2n) is 5.12. The number of rotatable bonds is 5. The number of methoxy groups -OCH3 is 1. The molecule has 18 heavy (non-hydrogen) atoms. The molecule has 1 aromatic carbocycles. The van der Waals surface area contributed by atoms with Crippen LogP contribution < -0.4 is 5.32 Å². The topological polar surface area (TPSA) is 38.3 Å². The van der Waals surface area contributed by atoms with E-state index in [1.807, 2.05) is 26.0 Å². The molecule has 1 unspecified atom stereocenters.